The Morgan fingerprint density at radius 2 is 1.86 bits per heavy atom. The number of fused-ring (bicyclic) bond motifs is 1. The molecule has 35 heavy (non-hydrogen) atoms. The van der Waals surface area contributed by atoms with Crippen LogP contribution in [-0.4, -0.2) is 47.9 Å². The lowest BCUT2D eigenvalue weighted by molar-refractivity contribution is -0.144. The molecule has 2 aromatic carbocycles. The van der Waals surface area contributed by atoms with Gasteiger partial charge in [0.25, 0.3) is 0 Å². The summed E-state index contributed by atoms with van der Waals surface area (Å²) in [5.41, 5.74) is 2.50. The average molecular weight is 481 g/mol. The van der Waals surface area contributed by atoms with Gasteiger partial charge in [0, 0.05) is 30.2 Å². The number of esters is 2. The van der Waals surface area contributed by atoms with Crippen molar-refractivity contribution in [1.29, 1.82) is 0 Å². The molecule has 7 nitrogen and oxygen atoms in total. The Hall–Kier alpha value is -3.94. The van der Waals surface area contributed by atoms with Crippen LogP contribution in [0.4, 0.5) is 4.39 Å². The van der Waals surface area contributed by atoms with E-state index in [0.29, 0.717) is 24.4 Å². The van der Waals surface area contributed by atoms with Crippen LogP contribution in [0.5, 0.6) is 5.75 Å². The lowest BCUT2D eigenvalue weighted by Crippen LogP contribution is -2.27. The van der Waals surface area contributed by atoms with Crippen molar-refractivity contribution in [3.05, 3.63) is 77.3 Å². The van der Waals surface area contributed by atoms with Crippen LogP contribution in [0.3, 0.4) is 0 Å². The van der Waals surface area contributed by atoms with Gasteiger partial charge in [-0.05, 0) is 81.3 Å². The number of halogens is 1. The molecule has 0 spiro atoms. The summed E-state index contributed by atoms with van der Waals surface area (Å²) < 4.78 is 23.9. The summed E-state index contributed by atoms with van der Waals surface area (Å²) >= 11 is 0. The minimum atomic E-state index is -0.613. The summed E-state index contributed by atoms with van der Waals surface area (Å²) in [6.07, 6.45) is 3.64. The summed E-state index contributed by atoms with van der Waals surface area (Å²) in [5, 5.41) is 0.771. The third kappa shape index (κ3) is 6.15. The van der Waals surface area contributed by atoms with Crippen molar-refractivity contribution in [2.45, 2.75) is 33.1 Å². The number of nitrogens with one attached hydrogen (secondary N) is 1. The predicted octanol–water partition coefficient (Wildman–Crippen LogP) is 4.77. The number of allylic oxidation sites excluding steroid dienone is 1. The standard InChI is InChI=1S/C27H29FN2O5/c1-5-7-24(31)30(4)15-14-21-22-16-20(35-27(33)18-8-10-19(28)11-9-18)12-13-23(22)29-25(21)17(3)26(32)34-6-2/h5,7-13,16-17,29H,6,14-15H2,1-4H3/b7-5+. The SMILES string of the molecule is C/C=C/C(=O)N(C)CCc1c(C(C)C(=O)OCC)[nH]c2ccc(OC(=O)c3ccc(F)cc3)cc12. The van der Waals surface area contributed by atoms with Crippen LogP contribution in [0.1, 0.15) is 48.3 Å². The maximum absolute atomic E-state index is 13.2. The van der Waals surface area contributed by atoms with Crippen LogP contribution in [0, 0.1) is 5.82 Å². The van der Waals surface area contributed by atoms with Crippen LogP contribution in [0.2, 0.25) is 0 Å². The van der Waals surface area contributed by atoms with Gasteiger partial charge in [0.1, 0.15) is 11.6 Å². The smallest absolute Gasteiger partial charge is 0.343 e. The van der Waals surface area contributed by atoms with E-state index in [2.05, 4.69) is 4.98 Å². The van der Waals surface area contributed by atoms with E-state index in [4.69, 9.17) is 9.47 Å². The van der Waals surface area contributed by atoms with Gasteiger partial charge in [-0.2, -0.15) is 0 Å². The lowest BCUT2D eigenvalue weighted by Gasteiger charge is -2.17. The fourth-order valence-electron chi connectivity index (χ4n) is 3.75. The number of hydrogen-bond donors (Lipinski definition) is 1. The van der Waals surface area contributed by atoms with Crippen LogP contribution in [0.15, 0.2) is 54.6 Å². The van der Waals surface area contributed by atoms with Crippen LogP contribution in [0.25, 0.3) is 10.9 Å². The van der Waals surface area contributed by atoms with Gasteiger partial charge in [0.05, 0.1) is 18.1 Å². The number of carbonyl (C=O) groups excluding carboxylic acids is 3. The first-order chi connectivity index (χ1) is 16.7. The minimum absolute atomic E-state index is 0.124. The van der Waals surface area contributed by atoms with E-state index in [1.54, 1.807) is 57.0 Å². The Kier molecular flexibility index (Phi) is 8.41. The molecular weight excluding hydrogens is 451 g/mol. The summed E-state index contributed by atoms with van der Waals surface area (Å²) in [4.78, 5) is 42.1. The maximum Gasteiger partial charge on any atom is 0.343 e. The molecule has 3 rings (SSSR count). The Labute approximate surface area is 203 Å². The fourth-order valence-corrected chi connectivity index (χ4v) is 3.75. The summed E-state index contributed by atoms with van der Waals surface area (Å²) in [6.45, 7) is 5.97. The number of H-pyrrole nitrogens is 1. The fraction of sp³-hybridized carbons (Fsp3) is 0.296. The number of aromatic amines is 1. The third-order valence-corrected chi connectivity index (χ3v) is 5.66. The number of benzene rings is 2. The molecule has 0 fully saturated rings. The molecule has 184 valence electrons. The highest BCUT2D eigenvalue weighted by Crippen LogP contribution is 2.32. The molecule has 3 aromatic rings. The van der Waals surface area contributed by atoms with E-state index in [1.807, 2.05) is 0 Å². The molecule has 0 aliphatic heterocycles. The molecule has 0 saturated carbocycles. The molecular formula is C27H29FN2O5. The minimum Gasteiger partial charge on any atom is -0.465 e. The molecule has 8 heteroatoms. The van der Waals surface area contributed by atoms with Crippen molar-refractivity contribution < 1.29 is 28.2 Å². The average Bonchev–Trinajstić information content (AvgIpc) is 3.20. The van der Waals surface area contributed by atoms with Crippen molar-refractivity contribution in [1.82, 2.24) is 9.88 Å². The van der Waals surface area contributed by atoms with Crippen molar-refractivity contribution in [2.24, 2.45) is 0 Å². The van der Waals surface area contributed by atoms with Crippen molar-refractivity contribution in [3.8, 4) is 5.75 Å². The maximum atomic E-state index is 13.2. The lowest BCUT2D eigenvalue weighted by atomic mass is 9.99. The highest BCUT2D eigenvalue weighted by atomic mass is 19.1. The summed E-state index contributed by atoms with van der Waals surface area (Å²) in [6, 6.07) is 10.2. The number of rotatable bonds is 9. The molecule has 1 amide bonds. The largest absolute Gasteiger partial charge is 0.465 e. The monoisotopic (exact) mass is 480 g/mol. The number of carbonyl (C=O) groups is 3. The number of ether oxygens (including phenoxy) is 2. The second kappa shape index (κ2) is 11.5. The Morgan fingerprint density at radius 1 is 1.14 bits per heavy atom. The molecule has 1 aromatic heterocycles. The first-order valence-electron chi connectivity index (χ1n) is 11.4. The molecule has 0 aliphatic rings. The van der Waals surface area contributed by atoms with E-state index in [1.165, 1.54) is 30.3 Å². The van der Waals surface area contributed by atoms with E-state index in [-0.39, 0.29) is 24.0 Å². The van der Waals surface area contributed by atoms with E-state index < -0.39 is 17.7 Å². The van der Waals surface area contributed by atoms with Gasteiger partial charge in [-0.15, -0.1) is 0 Å². The molecule has 0 saturated heterocycles. The number of aromatic nitrogens is 1. The second-order valence-corrected chi connectivity index (χ2v) is 8.10. The zero-order valence-electron chi connectivity index (χ0n) is 20.3. The topological polar surface area (TPSA) is 88.7 Å². The first kappa shape index (κ1) is 25.7. The van der Waals surface area contributed by atoms with Gasteiger partial charge in [-0.3, -0.25) is 9.59 Å². The van der Waals surface area contributed by atoms with Crippen LogP contribution in [-0.2, 0) is 20.7 Å². The molecule has 0 bridgehead atoms. The Bertz CT molecular complexity index is 1250. The predicted molar refractivity (Wildman–Crippen MR) is 131 cm³/mol. The molecule has 1 unspecified atom stereocenters. The zero-order chi connectivity index (χ0) is 25.5. The Balaban J connectivity index is 1.95. The number of likely N-dealkylation sites (N-methyl/N-ethyl adjacent to an activating group) is 1. The van der Waals surface area contributed by atoms with Crippen LogP contribution < -0.4 is 4.74 Å². The van der Waals surface area contributed by atoms with Crippen molar-refractivity contribution in [3.63, 3.8) is 0 Å². The molecule has 1 N–H and O–H groups in total. The molecule has 0 aliphatic carbocycles. The summed E-state index contributed by atoms with van der Waals surface area (Å²) in [7, 11) is 1.71. The molecule has 1 atom stereocenters. The number of amides is 1. The number of nitrogens with zero attached hydrogens (tertiary/aromatic N) is 1. The van der Waals surface area contributed by atoms with Gasteiger partial charge >= 0.3 is 11.9 Å². The van der Waals surface area contributed by atoms with Gasteiger partial charge in [-0.25, -0.2) is 9.18 Å². The quantitative estimate of drug-likeness (QED) is 0.271. The zero-order valence-corrected chi connectivity index (χ0v) is 20.3. The third-order valence-electron chi connectivity index (χ3n) is 5.66. The highest BCUT2D eigenvalue weighted by molar-refractivity contribution is 5.93. The first-order valence-corrected chi connectivity index (χ1v) is 11.4. The highest BCUT2D eigenvalue weighted by Gasteiger charge is 2.24. The van der Waals surface area contributed by atoms with Gasteiger partial charge in [0.15, 0.2) is 0 Å². The Morgan fingerprint density at radius 3 is 2.51 bits per heavy atom. The second-order valence-electron chi connectivity index (χ2n) is 8.10. The van der Waals surface area contributed by atoms with Crippen molar-refractivity contribution >= 4 is 28.7 Å². The van der Waals surface area contributed by atoms with E-state index in [9.17, 15) is 18.8 Å². The number of hydrogen-bond acceptors (Lipinski definition) is 5. The molecule has 0 radical (unpaired) electrons. The van der Waals surface area contributed by atoms with E-state index in [0.717, 1.165) is 16.5 Å². The van der Waals surface area contributed by atoms with E-state index >= 15 is 0 Å². The van der Waals surface area contributed by atoms with Gasteiger partial charge in [0.2, 0.25) is 5.91 Å². The molecule has 1 heterocycles. The van der Waals surface area contributed by atoms with Gasteiger partial charge < -0.3 is 19.4 Å². The van der Waals surface area contributed by atoms with Crippen LogP contribution >= 0.6 is 0 Å². The normalized spacial score (nSPS) is 12.0. The van der Waals surface area contributed by atoms with Crippen molar-refractivity contribution in [2.75, 3.05) is 20.2 Å². The summed E-state index contributed by atoms with van der Waals surface area (Å²) in [5.74, 6) is -1.79. The van der Waals surface area contributed by atoms with Gasteiger partial charge in [-0.1, -0.05) is 6.08 Å².